The number of hydrogen-bond donors (Lipinski definition) is 0. The van der Waals surface area contributed by atoms with E-state index in [1.165, 1.54) is 34.4 Å². The molecule has 0 saturated heterocycles. The molecule has 0 N–H and O–H groups in total. The van der Waals surface area contributed by atoms with Gasteiger partial charge in [-0.05, 0) is 24.6 Å². The summed E-state index contributed by atoms with van der Waals surface area (Å²) in [6, 6.07) is 6.33. The Morgan fingerprint density at radius 3 is 2.95 bits per heavy atom. The number of fused-ring (bicyclic) bond motifs is 1. The Labute approximate surface area is 129 Å². The molecular formula is C15H12ClFN2OS. The zero-order valence-electron chi connectivity index (χ0n) is 11.3. The molecule has 0 fully saturated rings. The first kappa shape index (κ1) is 14.2. The third-order valence-electron chi connectivity index (χ3n) is 3.31. The van der Waals surface area contributed by atoms with Gasteiger partial charge in [-0.25, -0.2) is 9.37 Å². The van der Waals surface area contributed by atoms with Crippen LogP contribution in [0.1, 0.15) is 17.4 Å². The van der Waals surface area contributed by atoms with Crippen molar-refractivity contribution >= 4 is 33.2 Å². The maximum Gasteiger partial charge on any atom is 0.262 e. The molecule has 0 aliphatic rings. The first-order valence-electron chi connectivity index (χ1n) is 6.51. The van der Waals surface area contributed by atoms with Crippen LogP contribution in [0.15, 0.2) is 35.4 Å². The van der Waals surface area contributed by atoms with Crippen LogP contribution in [0.2, 0.25) is 5.02 Å². The van der Waals surface area contributed by atoms with Gasteiger partial charge in [0.05, 0.1) is 18.3 Å². The van der Waals surface area contributed by atoms with E-state index in [9.17, 15) is 9.18 Å². The number of halogens is 2. The third kappa shape index (κ3) is 2.59. The SMILES string of the molecule is CCc1cc2c(=O)n(Cc3c(F)cccc3Cl)cnc2s1. The van der Waals surface area contributed by atoms with Gasteiger partial charge in [-0.15, -0.1) is 11.3 Å². The molecule has 2 heterocycles. The van der Waals surface area contributed by atoms with Gasteiger partial charge in [0.15, 0.2) is 0 Å². The molecular weight excluding hydrogens is 311 g/mol. The van der Waals surface area contributed by atoms with E-state index in [0.717, 1.165) is 11.3 Å². The van der Waals surface area contributed by atoms with E-state index in [-0.39, 0.29) is 12.1 Å². The fourth-order valence-corrected chi connectivity index (χ4v) is 3.30. The van der Waals surface area contributed by atoms with Gasteiger partial charge in [0.25, 0.3) is 5.56 Å². The Balaban J connectivity index is 2.09. The monoisotopic (exact) mass is 322 g/mol. The summed E-state index contributed by atoms with van der Waals surface area (Å²) in [5.41, 5.74) is 0.128. The second-order valence-corrected chi connectivity index (χ2v) is 6.19. The zero-order valence-corrected chi connectivity index (χ0v) is 12.8. The molecule has 0 unspecified atom stereocenters. The Morgan fingerprint density at radius 1 is 1.43 bits per heavy atom. The van der Waals surface area contributed by atoms with Crippen molar-refractivity contribution in [3.8, 4) is 0 Å². The summed E-state index contributed by atoms with van der Waals surface area (Å²) >= 11 is 7.51. The fraction of sp³-hybridized carbons (Fsp3) is 0.200. The van der Waals surface area contributed by atoms with Gasteiger partial charge < -0.3 is 0 Å². The highest BCUT2D eigenvalue weighted by Crippen LogP contribution is 2.22. The number of aromatic nitrogens is 2. The topological polar surface area (TPSA) is 34.9 Å². The summed E-state index contributed by atoms with van der Waals surface area (Å²) in [6.45, 7) is 2.10. The lowest BCUT2D eigenvalue weighted by Crippen LogP contribution is -2.21. The van der Waals surface area contributed by atoms with Crippen LogP contribution in [-0.2, 0) is 13.0 Å². The lowest BCUT2D eigenvalue weighted by Gasteiger charge is -2.08. The Morgan fingerprint density at radius 2 is 2.24 bits per heavy atom. The van der Waals surface area contributed by atoms with Crippen LogP contribution in [0.3, 0.4) is 0 Å². The molecule has 3 nitrogen and oxygen atoms in total. The second kappa shape index (κ2) is 5.58. The van der Waals surface area contributed by atoms with Crippen molar-refractivity contribution < 1.29 is 4.39 Å². The van der Waals surface area contributed by atoms with Crippen LogP contribution < -0.4 is 5.56 Å². The van der Waals surface area contributed by atoms with Gasteiger partial charge in [0.1, 0.15) is 10.6 Å². The van der Waals surface area contributed by atoms with Crippen LogP contribution in [0.25, 0.3) is 10.2 Å². The van der Waals surface area contributed by atoms with E-state index in [2.05, 4.69) is 4.98 Å². The number of hydrogen-bond acceptors (Lipinski definition) is 3. The van der Waals surface area contributed by atoms with Gasteiger partial charge >= 0.3 is 0 Å². The molecule has 0 bridgehead atoms. The Hall–Kier alpha value is -1.72. The first-order valence-corrected chi connectivity index (χ1v) is 7.70. The predicted octanol–water partition coefficient (Wildman–Crippen LogP) is 3.86. The van der Waals surface area contributed by atoms with Gasteiger partial charge in [-0.2, -0.15) is 0 Å². The molecule has 2 aromatic heterocycles. The van der Waals surface area contributed by atoms with E-state index in [1.54, 1.807) is 6.07 Å². The van der Waals surface area contributed by atoms with Crippen molar-refractivity contribution in [2.24, 2.45) is 0 Å². The highest BCUT2D eigenvalue weighted by atomic mass is 35.5. The number of benzene rings is 1. The van der Waals surface area contributed by atoms with Crippen LogP contribution in [-0.4, -0.2) is 9.55 Å². The molecule has 0 amide bonds. The van der Waals surface area contributed by atoms with Crippen molar-refractivity contribution in [2.75, 3.05) is 0 Å². The standard InChI is InChI=1S/C15H12ClFN2OS/c1-2-9-6-10-14(21-9)18-8-19(15(10)20)7-11-12(16)4-3-5-13(11)17/h3-6,8H,2,7H2,1H3. The summed E-state index contributed by atoms with van der Waals surface area (Å²) in [5.74, 6) is -0.422. The lowest BCUT2D eigenvalue weighted by atomic mass is 10.2. The van der Waals surface area contributed by atoms with Crippen molar-refractivity contribution in [3.63, 3.8) is 0 Å². The Bertz CT molecular complexity index is 851. The van der Waals surface area contributed by atoms with Crippen LogP contribution >= 0.6 is 22.9 Å². The van der Waals surface area contributed by atoms with Gasteiger partial charge in [0, 0.05) is 15.5 Å². The molecule has 108 valence electrons. The summed E-state index contributed by atoms with van der Waals surface area (Å²) in [5, 5.41) is 0.883. The minimum atomic E-state index is -0.422. The highest BCUT2D eigenvalue weighted by Gasteiger charge is 2.12. The van der Waals surface area contributed by atoms with E-state index in [4.69, 9.17) is 11.6 Å². The van der Waals surface area contributed by atoms with Gasteiger partial charge in [-0.3, -0.25) is 9.36 Å². The van der Waals surface area contributed by atoms with E-state index in [0.29, 0.717) is 20.8 Å². The number of rotatable bonds is 3. The van der Waals surface area contributed by atoms with Crippen molar-refractivity contribution in [2.45, 2.75) is 19.9 Å². The molecule has 6 heteroatoms. The maximum atomic E-state index is 13.8. The summed E-state index contributed by atoms with van der Waals surface area (Å²) in [7, 11) is 0. The van der Waals surface area contributed by atoms with Crippen LogP contribution in [0.5, 0.6) is 0 Å². The normalized spacial score (nSPS) is 11.2. The minimum absolute atomic E-state index is 0.0740. The molecule has 1 aromatic carbocycles. The van der Waals surface area contributed by atoms with Crippen molar-refractivity contribution in [1.82, 2.24) is 9.55 Å². The lowest BCUT2D eigenvalue weighted by molar-refractivity contribution is 0.595. The first-order chi connectivity index (χ1) is 10.1. The molecule has 0 atom stereocenters. The quantitative estimate of drug-likeness (QED) is 0.734. The number of thiophene rings is 1. The van der Waals surface area contributed by atoms with E-state index in [1.807, 2.05) is 13.0 Å². The predicted molar refractivity (Wildman–Crippen MR) is 83.8 cm³/mol. The van der Waals surface area contributed by atoms with Crippen LogP contribution in [0, 0.1) is 5.82 Å². The summed E-state index contributed by atoms with van der Waals surface area (Å²) in [4.78, 5) is 18.6. The molecule has 21 heavy (non-hydrogen) atoms. The van der Waals surface area contributed by atoms with E-state index < -0.39 is 5.82 Å². The molecule has 0 spiro atoms. The molecule has 3 aromatic rings. The van der Waals surface area contributed by atoms with Crippen molar-refractivity contribution in [1.29, 1.82) is 0 Å². The summed E-state index contributed by atoms with van der Waals surface area (Å²) in [6.07, 6.45) is 2.31. The molecule has 0 radical (unpaired) electrons. The summed E-state index contributed by atoms with van der Waals surface area (Å²) < 4.78 is 15.2. The average Bonchev–Trinajstić information content (AvgIpc) is 2.89. The molecule has 0 saturated carbocycles. The van der Waals surface area contributed by atoms with Gasteiger partial charge in [-0.1, -0.05) is 24.6 Å². The largest absolute Gasteiger partial charge is 0.294 e. The average molecular weight is 323 g/mol. The van der Waals surface area contributed by atoms with E-state index >= 15 is 0 Å². The molecule has 3 rings (SSSR count). The Kier molecular flexibility index (Phi) is 3.78. The van der Waals surface area contributed by atoms with Crippen molar-refractivity contribution in [3.05, 3.63) is 62.2 Å². The third-order valence-corrected chi connectivity index (χ3v) is 4.85. The smallest absolute Gasteiger partial charge is 0.262 e. The second-order valence-electron chi connectivity index (χ2n) is 4.66. The maximum absolute atomic E-state index is 13.8. The number of nitrogens with zero attached hydrogens (tertiary/aromatic N) is 2. The highest BCUT2D eigenvalue weighted by molar-refractivity contribution is 7.18. The minimum Gasteiger partial charge on any atom is -0.294 e. The zero-order chi connectivity index (χ0) is 15.0. The molecule has 0 aliphatic carbocycles. The van der Waals surface area contributed by atoms with Gasteiger partial charge in [0.2, 0.25) is 0 Å². The van der Waals surface area contributed by atoms with Crippen LogP contribution in [0.4, 0.5) is 4.39 Å². The molecule has 0 aliphatic heterocycles. The number of aryl methyl sites for hydroxylation is 1. The fourth-order valence-electron chi connectivity index (χ4n) is 2.15.